The number of anilines is 1. The van der Waals surface area contributed by atoms with Crippen LogP contribution in [-0.2, 0) is 6.42 Å². The maximum absolute atomic E-state index is 11.7. The molecule has 0 aliphatic rings. The Labute approximate surface area is 117 Å². The summed E-state index contributed by atoms with van der Waals surface area (Å²) < 4.78 is 1.09. The third-order valence-corrected chi connectivity index (χ3v) is 3.86. The third kappa shape index (κ3) is 3.51. The van der Waals surface area contributed by atoms with Crippen molar-refractivity contribution < 1.29 is 4.79 Å². The molecule has 0 fully saturated rings. The molecule has 3 N–H and O–H groups in total. The van der Waals surface area contributed by atoms with Crippen molar-refractivity contribution in [2.24, 2.45) is 0 Å². The second-order valence-electron chi connectivity index (χ2n) is 3.54. The fourth-order valence-corrected chi connectivity index (χ4v) is 2.85. The summed E-state index contributed by atoms with van der Waals surface area (Å²) >= 11 is 5.05. The second-order valence-corrected chi connectivity index (χ2v) is 6.09. The van der Waals surface area contributed by atoms with Crippen molar-refractivity contribution in [1.29, 1.82) is 0 Å². The molecule has 0 saturated heterocycles. The highest BCUT2D eigenvalue weighted by atomic mass is 79.9. The lowest BCUT2D eigenvalue weighted by Gasteiger charge is -2.03. The number of amides is 1. The zero-order chi connectivity index (χ0) is 13.0. The minimum atomic E-state index is -0.259. The fraction of sp³-hybridized carbons (Fsp3) is 0.182. The molecular formula is C11H11BrN4OS. The van der Waals surface area contributed by atoms with Crippen LogP contribution in [0.15, 0.2) is 28.3 Å². The molecule has 0 aromatic carbocycles. The molecule has 0 radical (unpaired) electrons. The first kappa shape index (κ1) is 13.0. The Hall–Kier alpha value is -1.47. The SMILES string of the molecule is Nc1cncc(C(=O)NCCc2ccc(Br)s2)n1. The van der Waals surface area contributed by atoms with Gasteiger partial charge in [0.2, 0.25) is 0 Å². The predicted molar refractivity (Wildman–Crippen MR) is 74.5 cm³/mol. The number of halogens is 1. The standard InChI is InChI=1S/C11H11BrN4OS/c12-9-2-1-7(18-9)3-4-15-11(17)8-5-14-6-10(13)16-8/h1-2,5-6H,3-4H2,(H2,13,16)(H,15,17). The van der Waals surface area contributed by atoms with Crippen molar-refractivity contribution in [2.45, 2.75) is 6.42 Å². The molecule has 0 saturated carbocycles. The van der Waals surface area contributed by atoms with Gasteiger partial charge in [0.1, 0.15) is 11.5 Å². The van der Waals surface area contributed by atoms with Gasteiger partial charge in [0.15, 0.2) is 0 Å². The van der Waals surface area contributed by atoms with Crippen LogP contribution in [0.4, 0.5) is 5.82 Å². The second kappa shape index (κ2) is 5.92. The van der Waals surface area contributed by atoms with Crippen LogP contribution in [0, 0.1) is 0 Å². The highest BCUT2D eigenvalue weighted by Gasteiger charge is 2.07. The topological polar surface area (TPSA) is 80.9 Å². The first-order valence-corrected chi connectivity index (χ1v) is 6.86. The number of rotatable bonds is 4. The van der Waals surface area contributed by atoms with Crippen LogP contribution in [0.5, 0.6) is 0 Å². The van der Waals surface area contributed by atoms with E-state index < -0.39 is 0 Å². The number of nitrogens with two attached hydrogens (primary N) is 1. The highest BCUT2D eigenvalue weighted by Crippen LogP contribution is 2.22. The van der Waals surface area contributed by atoms with Crippen LogP contribution in [0.25, 0.3) is 0 Å². The number of nitrogens with zero attached hydrogens (tertiary/aromatic N) is 2. The molecule has 94 valence electrons. The van der Waals surface area contributed by atoms with Crippen molar-refractivity contribution in [3.05, 3.63) is 38.9 Å². The van der Waals surface area contributed by atoms with Gasteiger partial charge in [-0.25, -0.2) is 4.98 Å². The molecule has 18 heavy (non-hydrogen) atoms. The first-order chi connectivity index (χ1) is 8.65. The van der Waals surface area contributed by atoms with Gasteiger partial charge in [-0.05, 0) is 34.5 Å². The predicted octanol–water partition coefficient (Wildman–Crippen LogP) is 1.86. The van der Waals surface area contributed by atoms with Crippen molar-refractivity contribution >= 4 is 39.0 Å². The average molecular weight is 327 g/mol. The molecule has 2 aromatic rings. The average Bonchev–Trinajstić information content (AvgIpc) is 2.75. The summed E-state index contributed by atoms with van der Waals surface area (Å²) in [6.07, 6.45) is 3.59. The number of hydrogen-bond donors (Lipinski definition) is 2. The number of thiophene rings is 1. The van der Waals surface area contributed by atoms with Gasteiger partial charge in [-0.1, -0.05) is 0 Å². The Kier molecular flexibility index (Phi) is 4.27. The molecule has 5 nitrogen and oxygen atoms in total. The Morgan fingerprint density at radius 1 is 1.44 bits per heavy atom. The molecular weight excluding hydrogens is 316 g/mol. The van der Waals surface area contributed by atoms with Crippen LogP contribution in [0.2, 0.25) is 0 Å². The molecule has 0 unspecified atom stereocenters. The lowest BCUT2D eigenvalue weighted by molar-refractivity contribution is 0.0949. The van der Waals surface area contributed by atoms with Crippen molar-refractivity contribution in [3.8, 4) is 0 Å². The molecule has 2 heterocycles. The van der Waals surface area contributed by atoms with Gasteiger partial charge in [0.25, 0.3) is 5.91 Å². The Morgan fingerprint density at radius 3 is 2.94 bits per heavy atom. The normalized spacial score (nSPS) is 10.3. The lowest BCUT2D eigenvalue weighted by atomic mass is 10.3. The summed E-state index contributed by atoms with van der Waals surface area (Å²) in [6, 6.07) is 4.02. The van der Waals surface area contributed by atoms with E-state index in [4.69, 9.17) is 5.73 Å². The van der Waals surface area contributed by atoms with Crippen molar-refractivity contribution in [1.82, 2.24) is 15.3 Å². The van der Waals surface area contributed by atoms with Gasteiger partial charge in [0, 0.05) is 11.4 Å². The lowest BCUT2D eigenvalue weighted by Crippen LogP contribution is -2.26. The third-order valence-electron chi connectivity index (χ3n) is 2.17. The largest absolute Gasteiger partial charge is 0.382 e. The molecule has 0 bridgehead atoms. The number of nitrogen functional groups attached to an aromatic ring is 1. The van der Waals surface area contributed by atoms with E-state index in [0.29, 0.717) is 6.54 Å². The summed E-state index contributed by atoms with van der Waals surface area (Å²) in [5.74, 6) is -0.0183. The zero-order valence-corrected chi connectivity index (χ0v) is 11.8. The van der Waals surface area contributed by atoms with Crippen LogP contribution in [0.1, 0.15) is 15.4 Å². The zero-order valence-electron chi connectivity index (χ0n) is 9.39. The van der Waals surface area contributed by atoms with Crippen molar-refractivity contribution in [3.63, 3.8) is 0 Å². The molecule has 2 aromatic heterocycles. The van der Waals surface area contributed by atoms with Crippen LogP contribution < -0.4 is 11.1 Å². The van der Waals surface area contributed by atoms with E-state index in [9.17, 15) is 4.79 Å². The number of aromatic nitrogens is 2. The quantitative estimate of drug-likeness (QED) is 0.898. The number of hydrogen-bond acceptors (Lipinski definition) is 5. The van der Waals surface area contributed by atoms with Gasteiger partial charge in [-0.3, -0.25) is 9.78 Å². The smallest absolute Gasteiger partial charge is 0.271 e. The minimum absolute atomic E-state index is 0.238. The molecule has 1 amide bonds. The number of carbonyl (C=O) groups excluding carboxylic acids is 1. The molecule has 7 heteroatoms. The van der Waals surface area contributed by atoms with Gasteiger partial charge in [-0.15, -0.1) is 11.3 Å². The minimum Gasteiger partial charge on any atom is -0.382 e. The van der Waals surface area contributed by atoms with Crippen LogP contribution in [0.3, 0.4) is 0 Å². The fourth-order valence-electron chi connectivity index (χ4n) is 1.37. The monoisotopic (exact) mass is 326 g/mol. The summed E-state index contributed by atoms with van der Waals surface area (Å²) in [7, 11) is 0. The Bertz CT molecular complexity index is 557. The van der Waals surface area contributed by atoms with Crippen LogP contribution >= 0.6 is 27.3 Å². The Balaban J connectivity index is 1.85. The molecule has 0 aliphatic heterocycles. The number of nitrogens with one attached hydrogen (secondary N) is 1. The summed E-state index contributed by atoms with van der Waals surface area (Å²) in [6.45, 7) is 0.558. The molecule has 0 atom stereocenters. The molecule has 0 aliphatic carbocycles. The summed E-state index contributed by atoms with van der Waals surface area (Å²) in [5.41, 5.74) is 5.70. The van der Waals surface area contributed by atoms with Crippen LogP contribution in [-0.4, -0.2) is 22.4 Å². The van der Waals surface area contributed by atoms with Gasteiger partial charge in [-0.2, -0.15) is 0 Å². The van der Waals surface area contributed by atoms with E-state index in [0.717, 1.165) is 10.2 Å². The van der Waals surface area contributed by atoms with Crippen molar-refractivity contribution in [2.75, 3.05) is 12.3 Å². The van der Waals surface area contributed by atoms with E-state index in [-0.39, 0.29) is 17.4 Å². The maximum atomic E-state index is 11.7. The molecule has 0 spiro atoms. The highest BCUT2D eigenvalue weighted by molar-refractivity contribution is 9.11. The Morgan fingerprint density at radius 2 is 2.28 bits per heavy atom. The van der Waals surface area contributed by atoms with Gasteiger partial charge in [0.05, 0.1) is 16.2 Å². The first-order valence-electron chi connectivity index (χ1n) is 5.25. The van der Waals surface area contributed by atoms with E-state index in [2.05, 4.69) is 31.2 Å². The molecule has 2 rings (SSSR count). The van der Waals surface area contributed by atoms with E-state index in [1.54, 1.807) is 11.3 Å². The maximum Gasteiger partial charge on any atom is 0.271 e. The van der Waals surface area contributed by atoms with Gasteiger partial charge < -0.3 is 11.1 Å². The van der Waals surface area contributed by atoms with E-state index in [1.807, 2.05) is 12.1 Å². The number of carbonyl (C=O) groups is 1. The van der Waals surface area contributed by atoms with E-state index >= 15 is 0 Å². The summed E-state index contributed by atoms with van der Waals surface area (Å²) in [4.78, 5) is 20.7. The van der Waals surface area contributed by atoms with E-state index in [1.165, 1.54) is 17.3 Å². The summed E-state index contributed by atoms with van der Waals surface area (Å²) in [5, 5.41) is 2.78. The van der Waals surface area contributed by atoms with Gasteiger partial charge >= 0.3 is 0 Å².